The van der Waals surface area contributed by atoms with Crippen LogP contribution in [0.2, 0.25) is 5.02 Å². The Labute approximate surface area is 228 Å². The molecule has 7 nitrogen and oxygen atoms in total. The molecule has 1 aromatic heterocycles. The molecule has 1 spiro atoms. The van der Waals surface area contributed by atoms with E-state index in [0.29, 0.717) is 55.9 Å². The first-order chi connectivity index (χ1) is 18.5. The van der Waals surface area contributed by atoms with Crippen LogP contribution >= 0.6 is 11.6 Å². The van der Waals surface area contributed by atoms with Gasteiger partial charge in [0.05, 0.1) is 17.3 Å². The smallest absolute Gasteiger partial charge is 0.254 e. The number of nitrogens with one attached hydrogen (secondary N) is 1. The fourth-order valence-corrected chi connectivity index (χ4v) is 6.75. The summed E-state index contributed by atoms with van der Waals surface area (Å²) in [6.45, 7) is 6.46. The Morgan fingerprint density at radius 2 is 1.95 bits per heavy atom. The van der Waals surface area contributed by atoms with Crippen molar-refractivity contribution in [1.29, 1.82) is 0 Å². The average molecular weight is 533 g/mol. The summed E-state index contributed by atoms with van der Waals surface area (Å²) in [5.74, 6) is 0.290. The van der Waals surface area contributed by atoms with Crippen molar-refractivity contribution >= 4 is 39.9 Å². The van der Waals surface area contributed by atoms with Crippen molar-refractivity contribution in [3.63, 3.8) is 0 Å². The first-order valence-corrected chi connectivity index (χ1v) is 13.9. The highest BCUT2D eigenvalue weighted by atomic mass is 35.5. The van der Waals surface area contributed by atoms with E-state index in [1.54, 1.807) is 18.3 Å². The number of carbonyl (C=O) groups is 2. The Bertz CT molecular complexity index is 1370. The third-order valence-corrected chi connectivity index (χ3v) is 8.78. The van der Waals surface area contributed by atoms with Gasteiger partial charge < -0.3 is 19.9 Å². The molecule has 3 aliphatic rings. The van der Waals surface area contributed by atoms with Crippen LogP contribution in [0.15, 0.2) is 54.9 Å². The lowest BCUT2D eigenvalue weighted by Gasteiger charge is -2.44. The standard InChI is InChI=1S/C30H33ClN4O3/c1-2-32-15-22-18-35(27-16-33-14-21-5-3-4-6-24(21)27)29(37)30(22)19-34(17-20-9-11-38-12-10-20)28(36)25-8-7-23(31)13-26(25)30/h3-8,13-14,16,20,22,32H,2,9-12,15,17-19H2,1H3/t22-,30-/m0/s1. The van der Waals surface area contributed by atoms with Gasteiger partial charge in [0, 0.05) is 72.9 Å². The summed E-state index contributed by atoms with van der Waals surface area (Å²) in [5, 5.41) is 6.02. The number of anilines is 1. The largest absolute Gasteiger partial charge is 0.381 e. The number of pyridine rings is 1. The Balaban J connectivity index is 1.48. The van der Waals surface area contributed by atoms with Crippen LogP contribution in [0.25, 0.3) is 10.8 Å². The van der Waals surface area contributed by atoms with Crippen LogP contribution in [0.5, 0.6) is 0 Å². The van der Waals surface area contributed by atoms with Gasteiger partial charge in [-0.3, -0.25) is 14.6 Å². The van der Waals surface area contributed by atoms with Crippen molar-refractivity contribution in [2.45, 2.75) is 25.2 Å². The van der Waals surface area contributed by atoms with Crippen molar-refractivity contribution in [3.8, 4) is 0 Å². The summed E-state index contributed by atoms with van der Waals surface area (Å²) in [4.78, 5) is 36.9. The first kappa shape index (κ1) is 25.3. The molecule has 2 aromatic carbocycles. The molecule has 2 atom stereocenters. The highest BCUT2D eigenvalue weighted by Gasteiger charge is 2.59. The molecule has 0 aliphatic carbocycles. The van der Waals surface area contributed by atoms with Gasteiger partial charge in [0.2, 0.25) is 5.91 Å². The maximum Gasteiger partial charge on any atom is 0.254 e. The molecule has 4 heterocycles. The molecule has 0 bridgehead atoms. The molecule has 1 N–H and O–H groups in total. The van der Waals surface area contributed by atoms with Crippen LogP contribution in [0.1, 0.15) is 35.7 Å². The van der Waals surface area contributed by atoms with Crippen LogP contribution in [-0.2, 0) is 14.9 Å². The second-order valence-corrected chi connectivity index (χ2v) is 11.1. The predicted molar refractivity (Wildman–Crippen MR) is 149 cm³/mol. The van der Waals surface area contributed by atoms with Crippen LogP contribution < -0.4 is 10.2 Å². The second kappa shape index (κ2) is 10.3. The van der Waals surface area contributed by atoms with Gasteiger partial charge in [-0.15, -0.1) is 0 Å². The molecule has 0 saturated carbocycles. The molecule has 3 aromatic rings. The minimum Gasteiger partial charge on any atom is -0.381 e. The van der Waals surface area contributed by atoms with Crippen LogP contribution in [0.4, 0.5) is 5.69 Å². The Kier molecular flexibility index (Phi) is 6.84. The molecule has 38 heavy (non-hydrogen) atoms. The van der Waals surface area contributed by atoms with Gasteiger partial charge >= 0.3 is 0 Å². The van der Waals surface area contributed by atoms with Crippen LogP contribution in [0, 0.1) is 11.8 Å². The van der Waals surface area contributed by atoms with Gasteiger partial charge in [0.15, 0.2) is 0 Å². The Morgan fingerprint density at radius 3 is 2.76 bits per heavy atom. The summed E-state index contributed by atoms with van der Waals surface area (Å²) in [6.07, 6.45) is 5.46. The van der Waals surface area contributed by atoms with E-state index >= 15 is 0 Å². The van der Waals surface area contributed by atoms with Gasteiger partial charge in [-0.1, -0.05) is 42.8 Å². The minimum absolute atomic E-state index is 0.00607. The van der Waals surface area contributed by atoms with E-state index in [9.17, 15) is 9.59 Å². The zero-order valence-electron chi connectivity index (χ0n) is 21.7. The molecule has 198 valence electrons. The second-order valence-electron chi connectivity index (χ2n) is 10.7. The Morgan fingerprint density at radius 1 is 1.13 bits per heavy atom. The zero-order chi connectivity index (χ0) is 26.3. The SMILES string of the molecule is CCNC[C@H]1CN(c2cncc3ccccc23)C(=O)[C@@]12CN(CC1CCOCC1)C(=O)c1ccc(Cl)cc12. The normalized spacial score (nSPS) is 24.0. The molecular formula is C30H33ClN4O3. The zero-order valence-corrected chi connectivity index (χ0v) is 22.4. The number of halogens is 1. The fourth-order valence-electron chi connectivity index (χ4n) is 6.58. The van der Waals surface area contributed by atoms with Gasteiger partial charge in [0.25, 0.3) is 5.91 Å². The van der Waals surface area contributed by atoms with Crippen molar-refractivity contribution in [2.75, 3.05) is 50.8 Å². The molecule has 6 rings (SSSR count). The summed E-state index contributed by atoms with van der Waals surface area (Å²) in [6, 6.07) is 13.4. The van der Waals surface area contributed by atoms with Crippen molar-refractivity contribution in [3.05, 3.63) is 71.0 Å². The summed E-state index contributed by atoms with van der Waals surface area (Å²) >= 11 is 6.52. The van der Waals surface area contributed by atoms with E-state index < -0.39 is 5.41 Å². The number of aromatic nitrogens is 1. The number of rotatable bonds is 6. The molecular weight excluding hydrogens is 500 g/mol. The number of amides is 2. The minimum atomic E-state index is -0.904. The van der Waals surface area contributed by atoms with Gasteiger partial charge in [-0.2, -0.15) is 0 Å². The van der Waals surface area contributed by atoms with Crippen LogP contribution in [0.3, 0.4) is 0 Å². The van der Waals surface area contributed by atoms with Crippen molar-refractivity contribution in [2.24, 2.45) is 11.8 Å². The molecule has 2 amide bonds. The lowest BCUT2D eigenvalue weighted by Crippen LogP contribution is -2.58. The number of fused-ring (bicyclic) bond motifs is 3. The van der Waals surface area contributed by atoms with E-state index in [2.05, 4.69) is 17.2 Å². The Hall–Kier alpha value is -3.00. The van der Waals surface area contributed by atoms with E-state index in [0.717, 1.165) is 41.4 Å². The van der Waals surface area contributed by atoms with Crippen molar-refractivity contribution < 1.29 is 14.3 Å². The van der Waals surface area contributed by atoms with E-state index in [1.165, 1.54) is 0 Å². The highest BCUT2D eigenvalue weighted by Crippen LogP contribution is 2.48. The van der Waals surface area contributed by atoms with E-state index in [1.807, 2.05) is 46.3 Å². The summed E-state index contributed by atoms with van der Waals surface area (Å²) in [5.41, 5.74) is 1.24. The molecule has 2 fully saturated rings. The van der Waals surface area contributed by atoms with Gasteiger partial charge in [0.1, 0.15) is 0 Å². The molecule has 3 aliphatic heterocycles. The van der Waals surface area contributed by atoms with Gasteiger partial charge in [-0.25, -0.2) is 0 Å². The van der Waals surface area contributed by atoms with Crippen molar-refractivity contribution in [1.82, 2.24) is 15.2 Å². The number of nitrogens with zero attached hydrogens (tertiary/aromatic N) is 3. The van der Waals surface area contributed by atoms with Gasteiger partial charge in [-0.05, 0) is 49.1 Å². The lowest BCUT2D eigenvalue weighted by molar-refractivity contribution is -0.123. The predicted octanol–water partition coefficient (Wildman–Crippen LogP) is 4.28. The number of hydrogen-bond donors (Lipinski definition) is 1. The number of benzene rings is 2. The average Bonchev–Trinajstić information content (AvgIpc) is 3.21. The number of hydrogen-bond acceptors (Lipinski definition) is 5. The maximum absolute atomic E-state index is 14.8. The van der Waals surface area contributed by atoms with E-state index in [-0.39, 0.29) is 17.7 Å². The molecule has 2 saturated heterocycles. The van der Waals surface area contributed by atoms with E-state index in [4.69, 9.17) is 16.3 Å². The number of ether oxygens (including phenoxy) is 1. The lowest BCUT2D eigenvalue weighted by atomic mass is 9.67. The fraction of sp³-hybridized carbons (Fsp3) is 0.433. The summed E-state index contributed by atoms with van der Waals surface area (Å²) < 4.78 is 5.56. The topological polar surface area (TPSA) is 74.8 Å². The van der Waals surface area contributed by atoms with Crippen LogP contribution in [-0.4, -0.2) is 67.6 Å². The monoisotopic (exact) mass is 532 g/mol. The quantitative estimate of drug-likeness (QED) is 0.513. The number of carbonyl (C=O) groups excluding carboxylic acids is 2. The highest BCUT2D eigenvalue weighted by molar-refractivity contribution is 6.31. The molecule has 8 heteroatoms. The molecule has 0 unspecified atom stereocenters. The third-order valence-electron chi connectivity index (χ3n) is 8.54. The maximum atomic E-state index is 14.8. The first-order valence-electron chi connectivity index (χ1n) is 13.6. The third kappa shape index (κ3) is 4.17. The molecule has 0 radical (unpaired) electrons. The summed E-state index contributed by atoms with van der Waals surface area (Å²) in [7, 11) is 0.